The molecule has 2 heterocycles. The zero-order valence-electron chi connectivity index (χ0n) is 20.0. The van der Waals surface area contributed by atoms with Crippen molar-refractivity contribution in [2.75, 3.05) is 18.4 Å². The Morgan fingerprint density at radius 3 is 2.44 bits per heavy atom. The average Bonchev–Trinajstić information content (AvgIpc) is 3.23. The van der Waals surface area contributed by atoms with Crippen LogP contribution in [0.3, 0.4) is 0 Å². The summed E-state index contributed by atoms with van der Waals surface area (Å²) >= 11 is 1.29. The van der Waals surface area contributed by atoms with Gasteiger partial charge in [-0.15, -0.1) is 11.3 Å². The molecule has 3 aromatic rings. The summed E-state index contributed by atoms with van der Waals surface area (Å²) in [7, 11) is -3.75. The maximum absolute atomic E-state index is 13.2. The van der Waals surface area contributed by atoms with Gasteiger partial charge in [-0.2, -0.15) is 9.57 Å². The first-order chi connectivity index (χ1) is 17.2. The van der Waals surface area contributed by atoms with Gasteiger partial charge in [-0.3, -0.25) is 9.59 Å². The number of anilines is 1. The Balaban J connectivity index is 1.51. The van der Waals surface area contributed by atoms with Crippen molar-refractivity contribution in [3.05, 3.63) is 81.7 Å². The van der Waals surface area contributed by atoms with E-state index >= 15 is 0 Å². The first kappa shape index (κ1) is 25.6. The first-order valence-corrected chi connectivity index (χ1v) is 13.8. The van der Waals surface area contributed by atoms with Crippen molar-refractivity contribution in [1.82, 2.24) is 9.21 Å². The predicted molar refractivity (Wildman–Crippen MR) is 138 cm³/mol. The topological polar surface area (TPSA) is 111 Å². The summed E-state index contributed by atoms with van der Waals surface area (Å²) in [6.07, 6.45) is 0.563. The Morgan fingerprint density at radius 2 is 1.83 bits per heavy atom. The van der Waals surface area contributed by atoms with E-state index in [4.69, 9.17) is 0 Å². The number of fused-ring (bicyclic) bond motifs is 1. The van der Waals surface area contributed by atoms with Crippen LogP contribution in [0.4, 0.5) is 5.00 Å². The molecule has 36 heavy (non-hydrogen) atoms. The van der Waals surface area contributed by atoms with Crippen molar-refractivity contribution in [3.8, 4) is 6.07 Å². The molecule has 0 spiro atoms. The number of thiophene rings is 1. The van der Waals surface area contributed by atoms with Crippen LogP contribution in [0.2, 0.25) is 0 Å². The maximum atomic E-state index is 13.2. The molecule has 1 N–H and O–H groups in total. The molecule has 4 rings (SSSR count). The highest BCUT2D eigenvalue weighted by Gasteiger charge is 2.27. The molecule has 186 valence electrons. The molecule has 0 atom stereocenters. The van der Waals surface area contributed by atoms with E-state index < -0.39 is 15.9 Å². The largest absolute Gasteiger partial charge is 0.337 e. The highest BCUT2D eigenvalue weighted by Crippen LogP contribution is 2.37. The lowest BCUT2D eigenvalue weighted by atomic mass is 10.0. The second kappa shape index (κ2) is 10.6. The Bertz CT molecular complexity index is 1430. The van der Waals surface area contributed by atoms with Gasteiger partial charge in [0, 0.05) is 37.0 Å². The molecule has 0 unspecified atom stereocenters. The third-order valence-corrected chi connectivity index (χ3v) is 9.22. The van der Waals surface area contributed by atoms with Crippen LogP contribution in [0.1, 0.15) is 45.8 Å². The van der Waals surface area contributed by atoms with Gasteiger partial charge in [0.15, 0.2) is 0 Å². The van der Waals surface area contributed by atoms with Crippen LogP contribution in [-0.2, 0) is 34.3 Å². The van der Waals surface area contributed by atoms with Crippen molar-refractivity contribution in [1.29, 1.82) is 5.26 Å². The van der Waals surface area contributed by atoms with E-state index in [-0.39, 0.29) is 22.9 Å². The molecule has 0 saturated carbocycles. The zero-order valence-corrected chi connectivity index (χ0v) is 21.7. The minimum atomic E-state index is -3.75. The van der Waals surface area contributed by atoms with Crippen LogP contribution in [0.5, 0.6) is 0 Å². The summed E-state index contributed by atoms with van der Waals surface area (Å²) in [5.41, 5.74) is 2.46. The molecule has 0 fully saturated rings. The average molecular weight is 523 g/mol. The van der Waals surface area contributed by atoms with E-state index in [1.165, 1.54) is 46.8 Å². The van der Waals surface area contributed by atoms with Crippen LogP contribution in [-0.4, -0.2) is 42.5 Å². The summed E-state index contributed by atoms with van der Waals surface area (Å²) in [6, 6.07) is 17.3. The van der Waals surface area contributed by atoms with Crippen LogP contribution >= 0.6 is 11.3 Å². The Morgan fingerprint density at radius 1 is 1.14 bits per heavy atom. The van der Waals surface area contributed by atoms with Crippen molar-refractivity contribution in [3.63, 3.8) is 0 Å². The normalized spacial score (nSPS) is 13.2. The lowest BCUT2D eigenvalue weighted by Crippen LogP contribution is -2.33. The fourth-order valence-corrected chi connectivity index (χ4v) is 6.78. The van der Waals surface area contributed by atoms with E-state index in [2.05, 4.69) is 11.4 Å². The number of carbonyl (C=O) groups is 2. The maximum Gasteiger partial charge on any atom is 0.256 e. The van der Waals surface area contributed by atoms with Crippen molar-refractivity contribution in [2.24, 2.45) is 0 Å². The van der Waals surface area contributed by atoms with Gasteiger partial charge in [0.2, 0.25) is 15.9 Å². The number of rotatable bonds is 7. The van der Waals surface area contributed by atoms with Crippen LogP contribution in [0, 0.1) is 11.3 Å². The van der Waals surface area contributed by atoms with Gasteiger partial charge in [0.05, 0.1) is 17.0 Å². The number of benzene rings is 2. The Labute approximate surface area is 214 Å². The SMILES string of the molecule is CCN(Cc1ccccc1)S(=O)(=O)c1ccc(C(=O)Nc2sc3c(c2C#N)CCN(C(C)=O)C3)cc1. The lowest BCUT2D eigenvalue weighted by molar-refractivity contribution is -0.129. The summed E-state index contributed by atoms with van der Waals surface area (Å²) in [4.78, 5) is 27.4. The van der Waals surface area contributed by atoms with Gasteiger partial charge in [0.1, 0.15) is 11.1 Å². The van der Waals surface area contributed by atoms with Gasteiger partial charge in [-0.1, -0.05) is 37.3 Å². The number of nitrogens with one attached hydrogen (secondary N) is 1. The lowest BCUT2D eigenvalue weighted by Gasteiger charge is -2.25. The van der Waals surface area contributed by atoms with Gasteiger partial charge in [-0.25, -0.2) is 8.42 Å². The van der Waals surface area contributed by atoms with E-state index in [1.807, 2.05) is 30.3 Å². The predicted octanol–water partition coefficient (Wildman–Crippen LogP) is 3.99. The zero-order chi connectivity index (χ0) is 25.9. The standard InChI is InChI=1S/C26H26N4O4S2/c1-3-30(16-19-7-5-4-6-8-19)36(33,34)21-11-9-20(10-12-21)25(32)28-26-23(15-27)22-13-14-29(18(2)31)17-24(22)35-26/h4-12H,3,13-14,16-17H2,1-2H3,(H,28,32). The molecular weight excluding hydrogens is 496 g/mol. The first-order valence-electron chi connectivity index (χ1n) is 11.5. The van der Waals surface area contributed by atoms with Crippen molar-refractivity contribution < 1.29 is 18.0 Å². The second-order valence-corrected chi connectivity index (χ2v) is 11.4. The van der Waals surface area contributed by atoms with Gasteiger partial charge >= 0.3 is 0 Å². The molecule has 2 amide bonds. The van der Waals surface area contributed by atoms with Crippen LogP contribution in [0.15, 0.2) is 59.5 Å². The summed E-state index contributed by atoms with van der Waals surface area (Å²) in [6.45, 7) is 4.81. The van der Waals surface area contributed by atoms with Crippen molar-refractivity contribution in [2.45, 2.75) is 38.3 Å². The van der Waals surface area contributed by atoms with E-state index in [0.29, 0.717) is 36.6 Å². The smallest absolute Gasteiger partial charge is 0.256 e. The molecule has 2 aromatic carbocycles. The minimum Gasteiger partial charge on any atom is -0.337 e. The quantitative estimate of drug-likeness (QED) is 0.505. The third kappa shape index (κ3) is 5.18. The van der Waals surface area contributed by atoms with Gasteiger partial charge in [0.25, 0.3) is 5.91 Å². The number of sulfonamides is 1. The second-order valence-electron chi connectivity index (χ2n) is 8.41. The Kier molecular flexibility index (Phi) is 7.54. The number of hydrogen-bond acceptors (Lipinski definition) is 6. The molecule has 1 aromatic heterocycles. The van der Waals surface area contributed by atoms with Gasteiger partial charge in [-0.05, 0) is 41.8 Å². The van der Waals surface area contributed by atoms with E-state index in [9.17, 15) is 23.3 Å². The summed E-state index contributed by atoms with van der Waals surface area (Å²) in [5, 5.41) is 12.9. The fourth-order valence-electron chi connectivity index (χ4n) is 4.14. The molecule has 8 nitrogen and oxygen atoms in total. The third-order valence-electron chi connectivity index (χ3n) is 6.15. The minimum absolute atomic E-state index is 0.0291. The molecular formula is C26H26N4O4S2. The Hall–Kier alpha value is -3.52. The highest BCUT2D eigenvalue weighted by atomic mass is 32.2. The molecule has 0 radical (unpaired) electrons. The number of nitrogens with zero attached hydrogens (tertiary/aromatic N) is 3. The summed E-state index contributed by atoms with van der Waals surface area (Å²) < 4.78 is 27.7. The number of carbonyl (C=O) groups excluding carboxylic acids is 2. The molecule has 1 aliphatic heterocycles. The monoisotopic (exact) mass is 522 g/mol. The number of nitriles is 1. The van der Waals surface area contributed by atoms with Crippen molar-refractivity contribution >= 4 is 38.2 Å². The molecule has 0 bridgehead atoms. The van der Waals surface area contributed by atoms with Crippen LogP contribution < -0.4 is 5.32 Å². The van der Waals surface area contributed by atoms with Crippen LogP contribution in [0.25, 0.3) is 0 Å². The molecule has 1 aliphatic rings. The fraction of sp³-hybridized carbons (Fsp3) is 0.269. The number of hydrogen-bond donors (Lipinski definition) is 1. The van der Waals surface area contributed by atoms with E-state index in [1.54, 1.807) is 11.8 Å². The summed E-state index contributed by atoms with van der Waals surface area (Å²) in [5.74, 6) is -0.465. The van der Waals surface area contributed by atoms with Gasteiger partial charge < -0.3 is 10.2 Å². The number of amides is 2. The highest BCUT2D eigenvalue weighted by molar-refractivity contribution is 7.89. The molecule has 0 saturated heterocycles. The van der Waals surface area contributed by atoms with E-state index in [0.717, 1.165) is 16.0 Å². The molecule has 0 aliphatic carbocycles. The molecule has 10 heteroatoms.